The van der Waals surface area contributed by atoms with Crippen LogP contribution in [0.5, 0.6) is 17.2 Å². The molecule has 3 aliphatic heterocycles. The van der Waals surface area contributed by atoms with Gasteiger partial charge in [-0.15, -0.1) is 0 Å². The lowest BCUT2D eigenvalue weighted by Crippen LogP contribution is -2.40. The maximum Gasteiger partial charge on any atom is 0.165 e. The third-order valence-corrected chi connectivity index (χ3v) is 5.40. The maximum absolute atomic E-state index is 6.19. The molecule has 1 unspecified atom stereocenters. The predicted molar refractivity (Wildman–Crippen MR) is 107 cm³/mol. The van der Waals surface area contributed by atoms with E-state index in [0.29, 0.717) is 26.4 Å². The number of rotatable bonds is 3. The number of fused-ring (bicyclic) bond motifs is 3. The van der Waals surface area contributed by atoms with Crippen LogP contribution in [0.1, 0.15) is 26.3 Å². The van der Waals surface area contributed by atoms with E-state index in [1.807, 2.05) is 12.1 Å². The first-order valence-corrected chi connectivity index (χ1v) is 9.60. The van der Waals surface area contributed by atoms with Crippen LogP contribution >= 0.6 is 0 Å². The van der Waals surface area contributed by atoms with Gasteiger partial charge in [-0.25, -0.2) is 0 Å². The zero-order chi connectivity index (χ0) is 19.0. The van der Waals surface area contributed by atoms with Crippen LogP contribution in [-0.2, 0) is 5.41 Å². The summed E-state index contributed by atoms with van der Waals surface area (Å²) in [6.45, 7) is 13.4. The van der Waals surface area contributed by atoms with Crippen molar-refractivity contribution in [3.8, 4) is 17.2 Å². The monoisotopic (exact) mass is 366 g/mol. The highest BCUT2D eigenvalue weighted by atomic mass is 16.6. The average molecular weight is 366 g/mol. The molecule has 4 rings (SSSR count). The van der Waals surface area contributed by atoms with Crippen LogP contribution in [-0.4, -0.2) is 43.6 Å². The van der Waals surface area contributed by atoms with E-state index in [1.54, 1.807) is 0 Å². The van der Waals surface area contributed by atoms with Crippen LogP contribution in [0, 0.1) is 0 Å². The lowest BCUT2D eigenvalue weighted by atomic mass is 9.75. The molecular formula is C22H26N2O3. The molecule has 1 atom stereocenters. The molecule has 27 heavy (non-hydrogen) atoms. The number of nitrogens with zero attached hydrogens (tertiary/aromatic N) is 2. The van der Waals surface area contributed by atoms with Crippen LogP contribution in [0.25, 0.3) is 0 Å². The Kier molecular flexibility index (Phi) is 4.46. The summed E-state index contributed by atoms with van der Waals surface area (Å²) in [4.78, 5) is 7.20. The highest BCUT2D eigenvalue weighted by Gasteiger charge is 2.56. The molecule has 1 aromatic carbocycles. The molecule has 142 valence electrons. The second-order valence-corrected chi connectivity index (χ2v) is 6.72. The van der Waals surface area contributed by atoms with E-state index in [-0.39, 0.29) is 0 Å². The van der Waals surface area contributed by atoms with Crippen LogP contribution in [0.15, 0.2) is 53.2 Å². The molecule has 0 N–H and O–H groups in total. The third-order valence-electron chi connectivity index (χ3n) is 5.40. The summed E-state index contributed by atoms with van der Waals surface area (Å²) in [6, 6.07) is 4.04. The summed E-state index contributed by atoms with van der Waals surface area (Å²) in [6.07, 6.45) is 6.07. The van der Waals surface area contributed by atoms with E-state index < -0.39 is 5.41 Å². The largest absolute Gasteiger partial charge is 0.491 e. The number of likely N-dealkylation sites (tertiary alicyclic amines) is 1. The number of likely N-dealkylation sites (N-methyl/N-ethyl adjacent to an activating group) is 1. The zero-order valence-corrected chi connectivity index (χ0v) is 16.2. The quantitative estimate of drug-likeness (QED) is 0.815. The van der Waals surface area contributed by atoms with Gasteiger partial charge >= 0.3 is 0 Å². The van der Waals surface area contributed by atoms with Gasteiger partial charge in [0.1, 0.15) is 36.8 Å². The molecule has 3 heterocycles. The predicted octanol–water partition coefficient (Wildman–Crippen LogP) is 3.86. The van der Waals surface area contributed by atoms with Gasteiger partial charge in [0.05, 0.1) is 0 Å². The molecule has 1 fully saturated rings. The molecule has 1 aromatic rings. The number of hydrogen-bond donors (Lipinski definition) is 0. The van der Waals surface area contributed by atoms with Crippen LogP contribution < -0.4 is 14.2 Å². The molecule has 5 nitrogen and oxygen atoms in total. The van der Waals surface area contributed by atoms with Crippen molar-refractivity contribution in [2.45, 2.75) is 26.2 Å². The first kappa shape index (κ1) is 17.7. The van der Waals surface area contributed by atoms with Crippen molar-refractivity contribution in [1.82, 2.24) is 4.90 Å². The minimum absolute atomic E-state index is 0.430. The van der Waals surface area contributed by atoms with Crippen molar-refractivity contribution in [2.75, 3.05) is 32.9 Å². The Morgan fingerprint density at radius 1 is 1.15 bits per heavy atom. The molecule has 0 bridgehead atoms. The first-order valence-electron chi connectivity index (χ1n) is 9.60. The molecule has 0 saturated carbocycles. The minimum atomic E-state index is -0.430. The SMILES string of the molecule is C=C/C=C1\C(=C/C)C2(COc3cc4c(cc32)OCCO4)C(=NCC)N1CC. The lowest BCUT2D eigenvalue weighted by Gasteiger charge is -2.27. The van der Waals surface area contributed by atoms with Crippen molar-refractivity contribution in [2.24, 2.45) is 4.99 Å². The number of benzene rings is 1. The van der Waals surface area contributed by atoms with E-state index in [9.17, 15) is 0 Å². The van der Waals surface area contributed by atoms with Crippen molar-refractivity contribution < 1.29 is 14.2 Å². The molecule has 0 aromatic heterocycles. The average Bonchev–Trinajstić information content (AvgIpc) is 3.17. The topological polar surface area (TPSA) is 43.3 Å². The van der Waals surface area contributed by atoms with E-state index in [0.717, 1.165) is 40.9 Å². The highest BCUT2D eigenvalue weighted by molar-refractivity contribution is 6.04. The summed E-state index contributed by atoms with van der Waals surface area (Å²) in [5.41, 5.74) is 3.00. The molecule has 0 aliphatic carbocycles. The van der Waals surface area contributed by atoms with Gasteiger partial charge in [0.2, 0.25) is 0 Å². The fourth-order valence-electron chi connectivity index (χ4n) is 4.40. The first-order chi connectivity index (χ1) is 13.2. The van der Waals surface area contributed by atoms with Crippen molar-refractivity contribution in [3.63, 3.8) is 0 Å². The Balaban J connectivity index is 1.98. The van der Waals surface area contributed by atoms with Crippen molar-refractivity contribution in [3.05, 3.63) is 53.8 Å². The number of aliphatic imine (C=N–C) groups is 1. The molecule has 0 amide bonds. The molecular weight excluding hydrogens is 340 g/mol. The summed E-state index contributed by atoms with van der Waals surface area (Å²) < 4.78 is 17.8. The molecule has 1 spiro atoms. The second-order valence-electron chi connectivity index (χ2n) is 6.72. The van der Waals surface area contributed by atoms with Crippen molar-refractivity contribution in [1.29, 1.82) is 0 Å². The number of hydrogen-bond acceptors (Lipinski definition) is 4. The van der Waals surface area contributed by atoms with Crippen LogP contribution in [0.3, 0.4) is 0 Å². The van der Waals surface area contributed by atoms with E-state index >= 15 is 0 Å². The smallest absolute Gasteiger partial charge is 0.165 e. The van der Waals surface area contributed by atoms with E-state index in [1.165, 1.54) is 5.57 Å². The Morgan fingerprint density at radius 3 is 2.52 bits per heavy atom. The summed E-state index contributed by atoms with van der Waals surface area (Å²) in [5, 5.41) is 0. The summed E-state index contributed by atoms with van der Waals surface area (Å²) >= 11 is 0. The summed E-state index contributed by atoms with van der Waals surface area (Å²) in [5.74, 6) is 3.41. The van der Waals surface area contributed by atoms with Gasteiger partial charge in [-0.05, 0) is 38.5 Å². The molecule has 1 saturated heterocycles. The standard InChI is InChI=1S/C22H26N2O3/c1-5-9-17-15(6-2)22(21(23-7-3)24(17)8-4)14-27-18-13-20-19(12-16(18)22)25-10-11-26-20/h5-6,9,12-13H,1,7-8,10-11,14H2,2-4H3/b15-6+,17-9+,23-21?. The Labute approximate surface area is 160 Å². The van der Waals surface area contributed by atoms with Crippen LogP contribution in [0.2, 0.25) is 0 Å². The number of allylic oxidation sites excluding steroid dienone is 4. The Morgan fingerprint density at radius 2 is 1.89 bits per heavy atom. The zero-order valence-electron chi connectivity index (χ0n) is 16.2. The van der Waals surface area contributed by atoms with E-state index in [2.05, 4.69) is 50.5 Å². The molecule has 5 heteroatoms. The second kappa shape index (κ2) is 6.80. The maximum atomic E-state index is 6.19. The van der Waals surface area contributed by atoms with Gasteiger partial charge < -0.3 is 19.1 Å². The summed E-state index contributed by atoms with van der Waals surface area (Å²) in [7, 11) is 0. The van der Waals surface area contributed by atoms with Gasteiger partial charge in [-0.2, -0.15) is 0 Å². The highest BCUT2D eigenvalue weighted by Crippen LogP contribution is 2.55. The molecule has 3 aliphatic rings. The Hall–Kier alpha value is -2.69. The van der Waals surface area contributed by atoms with E-state index in [4.69, 9.17) is 19.2 Å². The van der Waals surface area contributed by atoms with Gasteiger partial charge in [-0.1, -0.05) is 18.7 Å². The number of amidine groups is 1. The van der Waals surface area contributed by atoms with Crippen molar-refractivity contribution >= 4 is 5.84 Å². The fraction of sp³-hybridized carbons (Fsp3) is 0.409. The van der Waals surface area contributed by atoms with Gasteiger partial charge in [0, 0.05) is 30.4 Å². The van der Waals surface area contributed by atoms with Gasteiger partial charge in [0.25, 0.3) is 0 Å². The Bertz CT molecular complexity index is 869. The number of ether oxygens (including phenoxy) is 3. The third kappa shape index (κ3) is 2.41. The van der Waals surface area contributed by atoms with Crippen LogP contribution in [0.4, 0.5) is 0 Å². The lowest BCUT2D eigenvalue weighted by molar-refractivity contribution is 0.171. The fourth-order valence-corrected chi connectivity index (χ4v) is 4.40. The van der Waals surface area contributed by atoms with Gasteiger partial charge in [0.15, 0.2) is 11.5 Å². The molecule has 0 radical (unpaired) electrons. The minimum Gasteiger partial charge on any atom is -0.491 e. The van der Waals surface area contributed by atoms with Gasteiger partial charge in [-0.3, -0.25) is 4.99 Å². The normalized spacial score (nSPS) is 27.5.